The van der Waals surface area contributed by atoms with Gasteiger partial charge in [-0.25, -0.2) is 0 Å². The van der Waals surface area contributed by atoms with Gasteiger partial charge in [0.15, 0.2) is 0 Å². The van der Waals surface area contributed by atoms with Crippen LogP contribution in [0, 0.1) is 5.41 Å². The molecular weight excluding hydrogens is 274 g/mol. The molecule has 4 nitrogen and oxygen atoms in total. The Hall–Kier alpha value is -1.32. The maximum atomic E-state index is 11.4. The summed E-state index contributed by atoms with van der Waals surface area (Å²) in [6.45, 7) is 12.1. The molecule has 1 aromatic rings. The molecular formula is C18H31N3O. The lowest BCUT2D eigenvalue weighted by atomic mass is 9.76. The average Bonchev–Trinajstić information content (AvgIpc) is 2.91. The maximum Gasteiger partial charge on any atom is 0.219 e. The van der Waals surface area contributed by atoms with E-state index in [1.807, 2.05) is 18.7 Å². The largest absolute Gasteiger partial charge is 0.343 e. The Bertz CT molecular complexity index is 510. The minimum absolute atomic E-state index is 0.202. The lowest BCUT2D eigenvalue weighted by molar-refractivity contribution is -0.130. The zero-order chi connectivity index (χ0) is 16.3. The van der Waals surface area contributed by atoms with Crippen LogP contribution >= 0.6 is 0 Å². The predicted molar refractivity (Wildman–Crippen MR) is 89.9 cm³/mol. The molecule has 3 rings (SSSR count). The van der Waals surface area contributed by atoms with E-state index in [9.17, 15) is 4.79 Å². The molecule has 1 fully saturated rings. The fourth-order valence-corrected chi connectivity index (χ4v) is 3.65. The highest BCUT2D eigenvalue weighted by Gasteiger charge is 2.31. The van der Waals surface area contributed by atoms with Gasteiger partial charge in [-0.05, 0) is 43.1 Å². The molecule has 4 heteroatoms. The lowest BCUT2D eigenvalue weighted by Gasteiger charge is -2.34. The van der Waals surface area contributed by atoms with Crippen molar-refractivity contribution in [3.8, 4) is 0 Å². The van der Waals surface area contributed by atoms with Crippen molar-refractivity contribution in [3.63, 3.8) is 0 Å². The van der Waals surface area contributed by atoms with Crippen molar-refractivity contribution in [1.82, 2.24) is 14.7 Å². The monoisotopic (exact) mass is 305 g/mol. The molecule has 0 atom stereocenters. The molecule has 1 aromatic heterocycles. The molecule has 0 radical (unpaired) electrons. The Morgan fingerprint density at radius 1 is 1.27 bits per heavy atom. The van der Waals surface area contributed by atoms with Crippen LogP contribution < -0.4 is 0 Å². The number of carbonyl (C=O) groups is 1. The predicted octanol–water partition coefficient (Wildman–Crippen LogP) is 3.61. The number of piperidine rings is 1. The van der Waals surface area contributed by atoms with Crippen LogP contribution in [0.4, 0.5) is 0 Å². The summed E-state index contributed by atoms with van der Waals surface area (Å²) in [6.07, 6.45) is 7.70. The van der Waals surface area contributed by atoms with Crippen molar-refractivity contribution >= 4 is 5.91 Å². The van der Waals surface area contributed by atoms with Crippen LogP contribution in [0.3, 0.4) is 0 Å². The molecule has 0 spiro atoms. The molecule has 1 aliphatic carbocycles. The van der Waals surface area contributed by atoms with Gasteiger partial charge in [-0.1, -0.05) is 27.7 Å². The van der Waals surface area contributed by atoms with Crippen LogP contribution in [0.1, 0.15) is 71.2 Å². The van der Waals surface area contributed by atoms with Crippen molar-refractivity contribution in [3.05, 3.63) is 17.5 Å². The van der Waals surface area contributed by atoms with E-state index in [0.717, 1.165) is 38.8 Å². The molecule has 1 saturated heterocycles. The Morgan fingerprint density at radius 2 is 1.91 bits per heavy atom. The molecule has 2 heterocycles. The number of likely N-dealkylation sites (tertiary alicyclic amines) is 1. The van der Waals surface area contributed by atoms with Gasteiger partial charge < -0.3 is 4.90 Å². The van der Waals surface area contributed by atoms with E-state index < -0.39 is 0 Å². The summed E-state index contributed by atoms with van der Waals surface area (Å²) in [5, 5.41) is 4.67. The number of hydrogen-bond acceptors (Lipinski definition) is 2. The second-order valence-electron chi connectivity index (χ2n) is 7.14. The molecule has 1 aliphatic heterocycles. The van der Waals surface area contributed by atoms with Gasteiger partial charge >= 0.3 is 0 Å². The second-order valence-corrected chi connectivity index (χ2v) is 7.14. The van der Waals surface area contributed by atoms with Crippen LogP contribution in [0.15, 0.2) is 6.20 Å². The smallest absolute Gasteiger partial charge is 0.219 e. The molecule has 1 amide bonds. The van der Waals surface area contributed by atoms with E-state index in [-0.39, 0.29) is 5.91 Å². The van der Waals surface area contributed by atoms with Crippen LogP contribution in [0.5, 0.6) is 0 Å². The number of aromatic nitrogens is 2. The first-order valence-corrected chi connectivity index (χ1v) is 8.77. The summed E-state index contributed by atoms with van der Waals surface area (Å²) in [5.41, 5.74) is 3.31. The van der Waals surface area contributed by atoms with Gasteiger partial charge in [-0.2, -0.15) is 5.10 Å². The van der Waals surface area contributed by atoms with E-state index in [1.165, 1.54) is 17.7 Å². The van der Waals surface area contributed by atoms with Crippen LogP contribution in [0.2, 0.25) is 0 Å². The van der Waals surface area contributed by atoms with E-state index in [2.05, 4.69) is 29.8 Å². The minimum Gasteiger partial charge on any atom is -0.343 e. The Balaban J connectivity index is 0.000000847. The third-order valence-electron chi connectivity index (χ3n) is 4.95. The van der Waals surface area contributed by atoms with Crippen molar-refractivity contribution in [2.45, 2.75) is 72.8 Å². The highest BCUT2D eigenvalue weighted by molar-refractivity contribution is 5.73. The van der Waals surface area contributed by atoms with Gasteiger partial charge in [-0.3, -0.25) is 9.48 Å². The van der Waals surface area contributed by atoms with Crippen molar-refractivity contribution in [2.24, 2.45) is 5.41 Å². The molecule has 0 aromatic carbocycles. The number of fused-ring (bicyclic) bond motifs is 1. The number of hydrogen-bond donors (Lipinski definition) is 0. The minimum atomic E-state index is 0.202. The fourth-order valence-electron chi connectivity index (χ4n) is 3.65. The molecule has 124 valence electrons. The number of rotatable bonds is 1. The standard InChI is InChI=1S/C16H25N3O.C2H6/c1-12(20)18-8-5-14(6-9-18)19-15-4-7-16(2,3)10-13(15)11-17-19;1-2/h11,14H,4-10H2,1-3H3;1-2H3. The van der Waals surface area contributed by atoms with E-state index in [0.29, 0.717) is 11.5 Å². The van der Waals surface area contributed by atoms with Gasteiger partial charge in [0, 0.05) is 25.7 Å². The zero-order valence-electron chi connectivity index (χ0n) is 14.9. The molecule has 0 unspecified atom stereocenters. The Morgan fingerprint density at radius 3 is 2.50 bits per heavy atom. The fraction of sp³-hybridized carbons (Fsp3) is 0.778. The van der Waals surface area contributed by atoms with Gasteiger partial charge in [0.2, 0.25) is 5.91 Å². The summed E-state index contributed by atoms with van der Waals surface area (Å²) in [5.74, 6) is 0.202. The van der Waals surface area contributed by atoms with Gasteiger partial charge in [0.25, 0.3) is 0 Å². The third kappa shape index (κ3) is 3.53. The van der Waals surface area contributed by atoms with E-state index >= 15 is 0 Å². The molecule has 0 bridgehead atoms. The lowest BCUT2D eigenvalue weighted by Crippen LogP contribution is -2.38. The van der Waals surface area contributed by atoms with Crippen molar-refractivity contribution in [2.75, 3.05) is 13.1 Å². The topological polar surface area (TPSA) is 38.1 Å². The highest BCUT2D eigenvalue weighted by atomic mass is 16.2. The highest BCUT2D eigenvalue weighted by Crippen LogP contribution is 2.36. The quantitative estimate of drug-likeness (QED) is 0.795. The number of amides is 1. The zero-order valence-corrected chi connectivity index (χ0v) is 14.9. The maximum absolute atomic E-state index is 11.4. The van der Waals surface area contributed by atoms with Gasteiger partial charge in [-0.15, -0.1) is 0 Å². The summed E-state index contributed by atoms with van der Waals surface area (Å²) in [4.78, 5) is 13.4. The number of nitrogens with zero attached hydrogens (tertiary/aromatic N) is 3. The molecule has 2 aliphatic rings. The van der Waals surface area contributed by atoms with Crippen LogP contribution in [0.25, 0.3) is 0 Å². The van der Waals surface area contributed by atoms with Crippen molar-refractivity contribution < 1.29 is 4.79 Å². The molecule has 0 saturated carbocycles. The van der Waals surface area contributed by atoms with Gasteiger partial charge in [0.1, 0.15) is 0 Å². The second kappa shape index (κ2) is 6.84. The third-order valence-corrected chi connectivity index (χ3v) is 4.95. The Labute approximate surface area is 134 Å². The normalized spacial score (nSPS) is 20.9. The molecule has 22 heavy (non-hydrogen) atoms. The van der Waals surface area contributed by atoms with Crippen LogP contribution in [-0.2, 0) is 17.6 Å². The summed E-state index contributed by atoms with van der Waals surface area (Å²) >= 11 is 0. The van der Waals surface area contributed by atoms with E-state index in [1.54, 1.807) is 6.92 Å². The summed E-state index contributed by atoms with van der Waals surface area (Å²) < 4.78 is 2.27. The summed E-state index contributed by atoms with van der Waals surface area (Å²) in [7, 11) is 0. The van der Waals surface area contributed by atoms with Crippen LogP contribution in [-0.4, -0.2) is 33.7 Å². The number of carbonyl (C=O) groups excluding carboxylic acids is 1. The SMILES string of the molecule is CC.CC(=O)N1CCC(n2ncc3c2CCC(C)(C)C3)CC1. The first-order chi connectivity index (χ1) is 10.5. The first-order valence-electron chi connectivity index (χ1n) is 8.77. The summed E-state index contributed by atoms with van der Waals surface area (Å²) in [6, 6.07) is 0.482. The average molecular weight is 305 g/mol. The Kier molecular flexibility index (Phi) is 5.30. The van der Waals surface area contributed by atoms with Gasteiger partial charge in [0.05, 0.1) is 12.2 Å². The first kappa shape index (κ1) is 17.0. The van der Waals surface area contributed by atoms with E-state index in [4.69, 9.17) is 0 Å². The van der Waals surface area contributed by atoms with Crippen molar-refractivity contribution in [1.29, 1.82) is 0 Å². The molecule has 0 N–H and O–H groups in total.